The highest BCUT2D eigenvalue weighted by atomic mass is 35.5. The molecule has 0 fully saturated rings. The highest BCUT2D eigenvalue weighted by Gasteiger charge is 2.52. The lowest BCUT2D eigenvalue weighted by atomic mass is 10.1. The number of carbonyl (C=O) groups excluding carboxylic acids is 1. The molecule has 29 heavy (non-hydrogen) atoms. The highest BCUT2D eigenvalue weighted by molar-refractivity contribution is 7.96. The van der Waals surface area contributed by atoms with Gasteiger partial charge in [0.2, 0.25) is 0 Å². The van der Waals surface area contributed by atoms with Gasteiger partial charge in [0.15, 0.2) is 5.78 Å². The van der Waals surface area contributed by atoms with Crippen molar-refractivity contribution in [3.05, 3.63) is 91.0 Å². The molecule has 2 unspecified atom stereocenters. The van der Waals surface area contributed by atoms with E-state index < -0.39 is 13.4 Å². The molecule has 0 saturated carbocycles. The minimum Gasteiger partial charge on any atom is -1.00 e. The SMILES string of the molecule is CC(O)CCC(=O)C(C)[P+](c1ccccc1)(c1ccccc1)c1ccccc1.[Cl-]. The van der Waals surface area contributed by atoms with Gasteiger partial charge in [0.05, 0.1) is 6.10 Å². The minimum absolute atomic E-state index is 0. The first-order valence-electron chi connectivity index (χ1n) is 9.83. The first kappa shape index (κ1) is 23.3. The Morgan fingerprint density at radius 2 is 1.10 bits per heavy atom. The Bertz CT molecular complexity index is 786. The van der Waals surface area contributed by atoms with Gasteiger partial charge in [-0.15, -0.1) is 0 Å². The van der Waals surface area contributed by atoms with E-state index in [0.29, 0.717) is 12.8 Å². The van der Waals surface area contributed by atoms with E-state index in [4.69, 9.17) is 0 Å². The zero-order valence-electron chi connectivity index (χ0n) is 16.9. The van der Waals surface area contributed by atoms with Gasteiger partial charge in [0, 0.05) is 6.42 Å². The molecule has 1 N–H and O–H groups in total. The number of carbonyl (C=O) groups is 1. The quantitative estimate of drug-likeness (QED) is 0.548. The molecule has 0 aliphatic heterocycles. The second-order valence-corrected chi connectivity index (χ2v) is 11.0. The molecule has 0 spiro atoms. The maximum absolute atomic E-state index is 13.3. The molecule has 0 aliphatic rings. The number of halogens is 1. The molecule has 0 saturated heterocycles. The second-order valence-electron chi connectivity index (χ2n) is 7.26. The van der Waals surface area contributed by atoms with E-state index in [2.05, 4.69) is 79.7 Å². The number of hydrogen-bond acceptors (Lipinski definition) is 2. The lowest BCUT2D eigenvalue weighted by Crippen LogP contribution is -3.00. The van der Waals surface area contributed by atoms with E-state index in [1.807, 2.05) is 18.2 Å². The maximum atomic E-state index is 13.3. The minimum atomic E-state index is -2.19. The van der Waals surface area contributed by atoms with E-state index in [-0.39, 0.29) is 23.8 Å². The first-order chi connectivity index (χ1) is 13.6. The van der Waals surface area contributed by atoms with Crippen LogP contribution in [0, 0.1) is 0 Å². The molecular formula is C25H28ClO2P. The van der Waals surface area contributed by atoms with Gasteiger partial charge in [-0.3, -0.25) is 4.79 Å². The fourth-order valence-electron chi connectivity index (χ4n) is 3.88. The number of aliphatic hydroxyl groups is 1. The third kappa shape index (κ3) is 4.95. The van der Waals surface area contributed by atoms with Gasteiger partial charge in [0.1, 0.15) is 28.8 Å². The average molecular weight is 427 g/mol. The molecule has 4 heteroatoms. The molecule has 0 amide bonds. The van der Waals surface area contributed by atoms with Crippen molar-refractivity contribution in [2.24, 2.45) is 0 Å². The van der Waals surface area contributed by atoms with Crippen LogP contribution in [0.1, 0.15) is 26.7 Å². The Balaban J connectivity index is 0.00000300. The van der Waals surface area contributed by atoms with Crippen LogP contribution < -0.4 is 28.3 Å². The summed E-state index contributed by atoms with van der Waals surface area (Å²) < 4.78 is 0. The maximum Gasteiger partial charge on any atom is 0.173 e. The third-order valence-electron chi connectivity index (χ3n) is 5.35. The lowest BCUT2D eigenvalue weighted by Gasteiger charge is -2.32. The lowest BCUT2D eigenvalue weighted by molar-refractivity contribution is -0.118. The van der Waals surface area contributed by atoms with Crippen LogP contribution in [0.2, 0.25) is 0 Å². The van der Waals surface area contributed by atoms with Crippen LogP contribution >= 0.6 is 7.26 Å². The molecule has 3 aromatic rings. The predicted molar refractivity (Wildman–Crippen MR) is 121 cm³/mol. The second kappa shape index (κ2) is 10.7. The Kier molecular flexibility index (Phi) is 8.59. The summed E-state index contributed by atoms with van der Waals surface area (Å²) in [7, 11) is -2.19. The van der Waals surface area contributed by atoms with Crippen LogP contribution in [0.5, 0.6) is 0 Å². The molecule has 0 bridgehead atoms. The van der Waals surface area contributed by atoms with E-state index in [9.17, 15) is 9.90 Å². The van der Waals surface area contributed by atoms with Crippen LogP contribution in [-0.2, 0) is 4.79 Å². The van der Waals surface area contributed by atoms with E-state index >= 15 is 0 Å². The molecular weight excluding hydrogens is 399 g/mol. The Morgan fingerprint density at radius 3 is 1.41 bits per heavy atom. The van der Waals surface area contributed by atoms with Crippen LogP contribution in [0.15, 0.2) is 91.0 Å². The zero-order chi connectivity index (χ0) is 20.0. The van der Waals surface area contributed by atoms with Gasteiger partial charge in [0.25, 0.3) is 0 Å². The van der Waals surface area contributed by atoms with Crippen LogP contribution in [0.4, 0.5) is 0 Å². The number of Topliss-reactive ketones (excluding diaryl/α,β-unsaturated/α-hetero) is 1. The van der Waals surface area contributed by atoms with Crippen molar-refractivity contribution < 1.29 is 22.3 Å². The molecule has 2 nitrogen and oxygen atoms in total. The van der Waals surface area contributed by atoms with Crippen molar-refractivity contribution in [1.82, 2.24) is 0 Å². The smallest absolute Gasteiger partial charge is 0.173 e. The van der Waals surface area contributed by atoms with Crippen molar-refractivity contribution in [3.8, 4) is 0 Å². The molecule has 152 valence electrons. The van der Waals surface area contributed by atoms with Gasteiger partial charge in [-0.05, 0) is 56.7 Å². The Labute approximate surface area is 180 Å². The van der Waals surface area contributed by atoms with Gasteiger partial charge in [-0.25, -0.2) is 0 Å². The van der Waals surface area contributed by atoms with Gasteiger partial charge < -0.3 is 17.5 Å². The fraction of sp³-hybridized carbons (Fsp3) is 0.240. The summed E-state index contributed by atoms with van der Waals surface area (Å²) in [5.74, 6) is 0.214. The van der Waals surface area contributed by atoms with Crippen molar-refractivity contribution in [1.29, 1.82) is 0 Å². The summed E-state index contributed by atoms with van der Waals surface area (Å²) in [5.41, 5.74) is -0.168. The standard InChI is InChI=1S/C25H28O2P.ClH/c1-20(26)18-19-25(27)21(2)28(22-12-6-3-7-13-22,23-14-8-4-9-15-23)24-16-10-5-11-17-24;/h3-17,20-21,26H,18-19H2,1-2H3;1H/q+1;/p-1. The molecule has 0 heterocycles. The summed E-state index contributed by atoms with van der Waals surface area (Å²) in [6.07, 6.45) is 0.434. The first-order valence-corrected chi connectivity index (χ1v) is 11.7. The summed E-state index contributed by atoms with van der Waals surface area (Å²) in [5, 5.41) is 13.3. The molecule has 0 radical (unpaired) electrons. The Hall–Kier alpha value is -1.99. The summed E-state index contributed by atoms with van der Waals surface area (Å²) in [4.78, 5) is 13.3. The van der Waals surface area contributed by atoms with E-state index in [1.165, 1.54) is 15.9 Å². The Morgan fingerprint density at radius 1 is 0.759 bits per heavy atom. The molecule has 0 aliphatic carbocycles. The van der Waals surface area contributed by atoms with Crippen LogP contribution in [0.25, 0.3) is 0 Å². The number of aliphatic hydroxyl groups excluding tert-OH is 1. The molecule has 3 aromatic carbocycles. The van der Waals surface area contributed by atoms with Gasteiger partial charge >= 0.3 is 0 Å². The van der Waals surface area contributed by atoms with E-state index in [1.54, 1.807) is 6.92 Å². The molecule has 0 aromatic heterocycles. The number of ketones is 1. The van der Waals surface area contributed by atoms with Gasteiger partial charge in [-0.2, -0.15) is 0 Å². The monoisotopic (exact) mass is 426 g/mol. The number of benzene rings is 3. The zero-order valence-corrected chi connectivity index (χ0v) is 18.6. The fourth-order valence-corrected chi connectivity index (χ4v) is 8.61. The summed E-state index contributed by atoms with van der Waals surface area (Å²) in [6.45, 7) is 3.82. The summed E-state index contributed by atoms with van der Waals surface area (Å²) >= 11 is 0. The normalized spacial score (nSPS) is 13.2. The van der Waals surface area contributed by atoms with Gasteiger partial charge in [-0.1, -0.05) is 54.6 Å². The third-order valence-corrected chi connectivity index (χ3v) is 10.1. The molecule has 3 rings (SSSR count). The van der Waals surface area contributed by atoms with Crippen LogP contribution in [-0.4, -0.2) is 22.7 Å². The molecule has 2 atom stereocenters. The largest absolute Gasteiger partial charge is 1.00 e. The van der Waals surface area contributed by atoms with Crippen molar-refractivity contribution >= 4 is 29.0 Å². The van der Waals surface area contributed by atoms with E-state index in [0.717, 1.165) is 0 Å². The van der Waals surface area contributed by atoms with Crippen molar-refractivity contribution in [2.75, 3.05) is 0 Å². The summed E-state index contributed by atoms with van der Waals surface area (Å²) in [6, 6.07) is 31.4. The van der Waals surface area contributed by atoms with Crippen molar-refractivity contribution in [3.63, 3.8) is 0 Å². The highest BCUT2D eigenvalue weighted by Crippen LogP contribution is 2.60. The topological polar surface area (TPSA) is 37.3 Å². The van der Waals surface area contributed by atoms with Crippen LogP contribution in [0.3, 0.4) is 0 Å². The predicted octanol–water partition coefficient (Wildman–Crippen LogP) is 1.10. The number of rotatable bonds is 8. The van der Waals surface area contributed by atoms with Crippen molar-refractivity contribution in [2.45, 2.75) is 38.5 Å². The average Bonchev–Trinajstić information content (AvgIpc) is 2.75. The number of hydrogen-bond donors (Lipinski definition) is 1.